The van der Waals surface area contributed by atoms with Crippen molar-refractivity contribution in [3.8, 4) is 0 Å². The third kappa shape index (κ3) is 3.52. The van der Waals surface area contributed by atoms with E-state index in [0.29, 0.717) is 11.4 Å². The summed E-state index contributed by atoms with van der Waals surface area (Å²) in [7, 11) is 0. The Hall–Kier alpha value is -0.960. The molecule has 18 heavy (non-hydrogen) atoms. The molecule has 3 heteroatoms. The van der Waals surface area contributed by atoms with E-state index in [1.165, 1.54) is 4.90 Å². The predicted octanol–water partition coefficient (Wildman–Crippen LogP) is 4.34. The van der Waals surface area contributed by atoms with Crippen LogP contribution in [-0.2, 0) is 6.42 Å². The number of hydrogen-bond acceptors (Lipinski definition) is 2. The molecule has 0 aliphatic rings. The van der Waals surface area contributed by atoms with E-state index >= 15 is 0 Å². The second-order valence-electron chi connectivity index (χ2n) is 4.12. The van der Waals surface area contributed by atoms with Crippen LogP contribution in [0.15, 0.2) is 53.4 Å². The molecule has 0 radical (unpaired) electrons. The normalized spacial score (nSPS) is 12.4. The lowest BCUT2D eigenvalue weighted by Crippen LogP contribution is -2.01. The molecule has 0 bridgehead atoms. The van der Waals surface area contributed by atoms with E-state index in [2.05, 4.69) is 0 Å². The largest absolute Gasteiger partial charge is 0.388 e. The second kappa shape index (κ2) is 6.28. The summed E-state index contributed by atoms with van der Waals surface area (Å²) in [5, 5.41) is 10.9. The number of thioether (sulfide) groups is 1. The van der Waals surface area contributed by atoms with Crippen molar-refractivity contribution in [2.75, 3.05) is 6.26 Å². The van der Waals surface area contributed by atoms with E-state index in [0.717, 1.165) is 11.1 Å². The Balaban J connectivity index is 2.09. The lowest BCUT2D eigenvalue weighted by Gasteiger charge is -2.11. The average Bonchev–Trinajstić information content (AvgIpc) is 2.39. The zero-order valence-corrected chi connectivity index (χ0v) is 11.7. The number of rotatable bonds is 4. The monoisotopic (exact) mass is 278 g/mol. The van der Waals surface area contributed by atoms with E-state index in [1.54, 1.807) is 11.8 Å². The number of aliphatic hydroxyl groups is 1. The van der Waals surface area contributed by atoms with Gasteiger partial charge in [0.2, 0.25) is 0 Å². The molecule has 0 heterocycles. The highest BCUT2D eigenvalue weighted by Gasteiger charge is 2.08. The molecule has 0 fully saturated rings. The summed E-state index contributed by atoms with van der Waals surface area (Å²) >= 11 is 7.63. The molecule has 1 N–H and O–H groups in total. The van der Waals surface area contributed by atoms with Gasteiger partial charge in [0.15, 0.2) is 0 Å². The minimum Gasteiger partial charge on any atom is -0.388 e. The van der Waals surface area contributed by atoms with Crippen molar-refractivity contribution >= 4 is 23.4 Å². The molecule has 0 aliphatic heterocycles. The standard InChI is InChI=1S/C15H15ClOS/c1-18-14-7-5-12(6-8-14)15(17)10-11-3-2-4-13(16)9-11/h2-9,15,17H,10H2,1H3. The lowest BCUT2D eigenvalue weighted by atomic mass is 10.0. The summed E-state index contributed by atoms with van der Waals surface area (Å²) in [4.78, 5) is 1.20. The van der Waals surface area contributed by atoms with E-state index in [4.69, 9.17) is 11.6 Å². The molecule has 2 aromatic carbocycles. The van der Waals surface area contributed by atoms with Crippen molar-refractivity contribution in [1.82, 2.24) is 0 Å². The molecular weight excluding hydrogens is 264 g/mol. The molecule has 2 aromatic rings. The van der Waals surface area contributed by atoms with Crippen molar-refractivity contribution in [2.45, 2.75) is 17.4 Å². The molecule has 1 unspecified atom stereocenters. The summed E-state index contributed by atoms with van der Waals surface area (Å²) in [6.45, 7) is 0. The van der Waals surface area contributed by atoms with Crippen molar-refractivity contribution < 1.29 is 5.11 Å². The lowest BCUT2D eigenvalue weighted by molar-refractivity contribution is 0.178. The van der Waals surface area contributed by atoms with Crippen LogP contribution < -0.4 is 0 Å². The van der Waals surface area contributed by atoms with Crippen LogP contribution in [0.3, 0.4) is 0 Å². The van der Waals surface area contributed by atoms with Crippen LogP contribution in [0.5, 0.6) is 0 Å². The molecule has 0 saturated carbocycles. The summed E-state index contributed by atoms with van der Waals surface area (Å²) in [5.41, 5.74) is 1.98. The maximum absolute atomic E-state index is 10.2. The van der Waals surface area contributed by atoms with Crippen molar-refractivity contribution in [1.29, 1.82) is 0 Å². The molecule has 1 nitrogen and oxygen atoms in total. The van der Waals surface area contributed by atoms with Crippen LogP contribution in [0.1, 0.15) is 17.2 Å². The van der Waals surface area contributed by atoms with Crippen LogP contribution in [0.4, 0.5) is 0 Å². The SMILES string of the molecule is CSc1ccc(C(O)Cc2cccc(Cl)c2)cc1. The highest BCUT2D eigenvalue weighted by atomic mass is 35.5. The van der Waals surface area contributed by atoms with Crippen molar-refractivity contribution in [3.63, 3.8) is 0 Å². The fourth-order valence-electron chi connectivity index (χ4n) is 1.83. The maximum Gasteiger partial charge on any atom is 0.0830 e. The van der Waals surface area contributed by atoms with Gasteiger partial charge in [-0.1, -0.05) is 35.9 Å². The van der Waals surface area contributed by atoms with E-state index in [1.807, 2.05) is 54.8 Å². The molecule has 0 aromatic heterocycles. The first-order chi connectivity index (χ1) is 8.69. The Morgan fingerprint density at radius 1 is 1.17 bits per heavy atom. The number of hydrogen-bond donors (Lipinski definition) is 1. The van der Waals surface area contributed by atoms with Crippen molar-refractivity contribution in [2.24, 2.45) is 0 Å². The summed E-state index contributed by atoms with van der Waals surface area (Å²) in [6, 6.07) is 15.6. The van der Waals surface area contributed by atoms with Gasteiger partial charge in [-0.2, -0.15) is 0 Å². The van der Waals surface area contributed by atoms with Crippen LogP contribution in [0, 0.1) is 0 Å². The third-order valence-electron chi connectivity index (χ3n) is 2.82. The first kappa shape index (κ1) is 13.5. The van der Waals surface area contributed by atoms with Gasteiger partial charge in [-0.05, 0) is 41.6 Å². The Morgan fingerprint density at radius 3 is 2.50 bits per heavy atom. The highest BCUT2D eigenvalue weighted by Crippen LogP contribution is 2.22. The van der Waals surface area contributed by atoms with Crippen LogP contribution >= 0.6 is 23.4 Å². The number of benzene rings is 2. The molecule has 94 valence electrons. The van der Waals surface area contributed by atoms with Gasteiger partial charge in [0.1, 0.15) is 0 Å². The third-order valence-corrected chi connectivity index (χ3v) is 3.80. The minimum atomic E-state index is -0.487. The van der Waals surface area contributed by atoms with Crippen molar-refractivity contribution in [3.05, 3.63) is 64.7 Å². The molecule has 0 spiro atoms. The second-order valence-corrected chi connectivity index (χ2v) is 5.44. The molecule has 0 saturated heterocycles. The highest BCUT2D eigenvalue weighted by molar-refractivity contribution is 7.98. The number of halogens is 1. The van der Waals surface area contributed by atoms with Gasteiger partial charge in [-0.3, -0.25) is 0 Å². The maximum atomic E-state index is 10.2. The molecular formula is C15H15ClOS. The Labute approximate surface area is 117 Å². The van der Waals surface area contributed by atoms with Gasteiger partial charge in [-0.15, -0.1) is 11.8 Å². The summed E-state index contributed by atoms with van der Waals surface area (Å²) in [6.07, 6.45) is 2.13. The van der Waals surface area contributed by atoms with E-state index in [9.17, 15) is 5.11 Å². The van der Waals surface area contributed by atoms with E-state index in [-0.39, 0.29) is 0 Å². The topological polar surface area (TPSA) is 20.2 Å². The van der Waals surface area contributed by atoms with Gasteiger partial charge >= 0.3 is 0 Å². The predicted molar refractivity (Wildman–Crippen MR) is 78.3 cm³/mol. The quantitative estimate of drug-likeness (QED) is 0.840. The zero-order chi connectivity index (χ0) is 13.0. The fraction of sp³-hybridized carbons (Fsp3) is 0.200. The molecule has 2 rings (SSSR count). The summed E-state index contributed by atoms with van der Waals surface area (Å²) in [5.74, 6) is 0. The first-order valence-electron chi connectivity index (χ1n) is 5.75. The fourth-order valence-corrected chi connectivity index (χ4v) is 2.45. The van der Waals surface area contributed by atoms with E-state index < -0.39 is 6.10 Å². The number of aliphatic hydroxyl groups excluding tert-OH is 1. The van der Waals surface area contributed by atoms with Crippen LogP contribution in [0.2, 0.25) is 5.02 Å². The minimum absolute atomic E-state index is 0.487. The first-order valence-corrected chi connectivity index (χ1v) is 7.36. The Kier molecular flexibility index (Phi) is 4.70. The molecule has 1 atom stereocenters. The van der Waals surface area contributed by atoms with Crippen LogP contribution in [-0.4, -0.2) is 11.4 Å². The van der Waals surface area contributed by atoms with Gasteiger partial charge in [0.25, 0.3) is 0 Å². The molecule has 0 amide bonds. The Morgan fingerprint density at radius 2 is 1.89 bits per heavy atom. The van der Waals surface area contributed by atoms with Crippen LogP contribution in [0.25, 0.3) is 0 Å². The van der Waals surface area contributed by atoms with Gasteiger partial charge in [-0.25, -0.2) is 0 Å². The summed E-state index contributed by atoms with van der Waals surface area (Å²) < 4.78 is 0. The van der Waals surface area contributed by atoms with Gasteiger partial charge in [0, 0.05) is 16.3 Å². The molecule has 0 aliphatic carbocycles. The van der Waals surface area contributed by atoms with Gasteiger partial charge < -0.3 is 5.11 Å². The smallest absolute Gasteiger partial charge is 0.0830 e. The Bertz CT molecular complexity index is 510. The zero-order valence-electron chi connectivity index (χ0n) is 10.1. The van der Waals surface area contributed by atoms with Gasteiger partial charge in [0.05, 0.1) is 6.10 Å². The average molecular weight is 279 g/mol.